The van der Waals surface area contributed by atoms with Gasteiger partial charge in [-0.15, -0.1) is 11.3 Å². The van der Waals surface area contributed by atoms with Gasteiger partial charge in [0.15, 0.2) is 0 Å². The van der Waals surface area contributed by atoms with Gasteiger partial charge in [0.25, 0.3) is 0 Å². The molecular weight excluding hydrogens is 238 g/mol. The zero-order valence-electron chi connectivity index (χ0n) is 6.92. The lowest BCUT2D eigenvalue weighted by molar-refractivity contribution is 0.182. The smallest absolute Gasteiger partial charge is 0.0551 e. The van der Waals surface area contributed by atoms with Gasteiger partial charge in [0, 0.05) is 34.3 Å². The maximum absolute atomic E-state index is 5.61. The minimum absolute atomic E-state index is 0.339. The lowest BCUT2D eigenvalue weighted by Crippen LogP contribution is -2.16. The average molecular weight is 250 g/mol. The first kappa shape index (κ1) is 10.2. The molecule has 0 saturated heterocycles. The molecule has 12 heavy (non-hydrogen) atoms. The zero-order chi connectivity index (χ0) is 8.97. The van der Waals surface area contributed by atoms with Crippen LogP contribution in [0.1, 0.15) is 10.8 Å². The Bertz CT molecular complexity index is 239. The van der Waals surface area contributed by atoms with Gasteiger partial charge in [-0.2, -0.15) is 0 Å². The van der Waals surface area contributed by atoms with Crippen molar-refractivity contribution in [2.75, 3.05) is 20.3 Å². The van der Waals surface area contributed by atoms with Gasteiger partial charge >= 0.3 is 0 Å². The van der Waals surface area contributed by atoms with Gasteiger partial charge in [-0.05, 0) is 22.0 Å². The summed E-state index contributed by atoms with van der Waals surface area (Å²) in [5, 5.41) is 2.06. The Kier molecular flexibility index (Phi) is 4.21. The number of thiophene rings is 1. The minimum atomic E-state index is 0.339. The van der Waals surface area contributed by atoms with E-state index in [0.717, 1.165) is 4.47 Å². The molecule has 0 radical (unpaired) electrons. The fourth-order valence-corrected chi connectivity index (χ4v) is 2.56. The maximum atomic E-state index is 5.61. The number of methoxy groups -OCH3 is 1. The Morgan fingerprint density at radius 1 is 1.75 bits per heavy atom. The third-order valence-corrected chi connectivity index (χ3v) is 3.50. The van der Waals surface area contributed by atoms with E-state index in [0.29, 0.717) is 19.1 Å². The van der Waals surface area contributed by atoms with Crippen LogP contribution in [0.5, 0.6) is 0 Å². The summed E-state index contributed by atoms with van der Waals surface area (Å²) in [4.78, 5) is 1.28. The third-order valence-electron chi connectivity index (χ3n) is 1.64. The SMILES string of the molecule is COCC(CN)c1cc(Br)cs1. The van der Waals surface area contributed by atoms with Gasteiger partial charge in [-0.3, -0.25) is 0 Å². The van der Waals surface area contributed by atoms with E-state index >= 15 is 0 Å². The van der Waals surface area contributed by atoms with Crippen LogP contribution < -0.4 is 5.73 Å². The van der Waals surface area contributed by atoms with Crippen molar-refractivity contribution in [3.8, 4) is 0 Å². The van der Waals surface area contributed by atoms with Gasteiger partial charge in [0.05, 0.1) is 6.61 Å². The normalized spacial score (nSPS) is 13.2. The van der Waals surface area contributed by atoms with Crippen molar-refractivity contribution in [1.29, 1.82) is 0 Å². The summed E-state index contributed by atoms with van der Waals surface area (Å²) in [6.45, 7) is 1.34. The Morgan fingerprint density at radius 3 is 2.92 bits per heavy atom. The van der Waals surface area contributed by atoms with Gasteiger partial charge in [0.1, 0.15) is 0 Å². The van der Waals surface area contributed by atoms with E-state index in [9.17, 15) is 0 Å². The van der Waals surface area contributed by atoms with Crippen molar-refractivity contribution < 1.29 is 4.74 Å². The lowest BCUT2D eigenvalue weighted by atomic mass is 10.1. The highest BCUT2D eigenvalue weighted by atomic mass is 79.9. The predicted molar refractivity (Wildman–Crippen MR) is 55.7 cm³/mol. The van der Waals surface area contributed by atoms with Crippen LogP contribution in [0, 0.1) is 0 Å². The fourth-order valence-electron chi connectivity index (χ4n) is 1.01. The van der Waals surface area contributed by atoms with Gasteiger partial charge in [0.2, 0.25) is 0 Å². The molecular formula is C8H12BrNOS. The molecule has 4 heteroatoms. The summed E-state index contributed by atoms with van der Waals surface area (Å²) in [5.41, 5.74) is 5.61. The van der Waals surface area contributed by atoms with Gasteiger partial charge in [-0.1, -0.05) is 0 Å². The van der Waals surface area contributed by atoms with Crippen molar-refractivity contribution in [1.82, 2.24) is 0 Å². The number of ether oxygens (including phenoxy) is 1. The van der Waals surface area contributed by atoms with Crippen LogP contribution in [0.2, 0.25) is 0 Å². The monoisotopic (exact) mass is 249 g/mol. The summed E-state index contributed by atoms with van der Waals surface area (Å²) in [6.07, 6.45) is 0. The summed E-state index contributed by atoms with van der Waals surface area (Å²) >= 11 is 5.12. The van der Waals surface area contributed by atoms with E-state index in [4.69, 9.17) is 10.5 Å². The Hall–Kier alpha value is 0.1000. The topological polar surface area (TPSA) is 35.2 Å². The minimum Gasteiger partial charge on any atom is -0.384 e. The molecule has 0 aliphatic carbocycles. The molecule has 0 bridgehead atoms. The second kappa shape index (κ2) is 4.97. The van der Waals surface area contributed by atoms with Crippen molar-refractivity contribution in [3.63, 3.8) is 0 Å². The average Bonchev–Trinajstić information content (AvgIpc) is 2.47. The Balaban J connectivity index is 2.66. The Labute approximate surface area is 84.9 Å². The van der Waals surface area contributed by atoms with E-state index in [2.05, 4.69) is 27.4 Å². The summed E-state index contributed by atoms with van der Waals surface area (Å²) < 4.78 is 6.19. The molecule has 0 saturated carbocycles. The standard InChI is InChI=1S/C8H12BrNOS/c1-11-4-6(3-10)8-2-7(9)5-12-8/h2,5-6H,3-4,10H2,1H3. The molecule has 1 atom stereocenters. The molecule has 0 aromatic carbocycles. The molecule has 1 rings (SSSR count). The molecule has 1 heterocycles. The largest absolute Gasteiger partial charge is 0.384 e. The van der Waals surface area contributed by atoms with Crippen molar-refractivity contribution in [2.24, 2.45) is 5.73 Å². The molecule has 0 aliphatic heterocycles. The molecule has 1 aromatic rings. The van der Waals surface area contributed by atoms with Crippen LogP contribution in [-0.2, 0) is 4.74 Å². The predicted octanol–water partition coefficient (Wildman–Crippen LogP) is 2.20. The van der Waals surface area contributed by atoms with Crippen LogP contribution >= 0.6 is 27.3 Å². The Morgan fingerprint density at radius 2 is 2.50 bits per heavy atom. The summed E-state index contributed by atoms with van der Waals surface area (Å²) in [5.74, 6) is 0.339. The highest BCUT2D eigenvalue weighted by Gasteiger charge is 2.10. The number of halogens is 1. The highest BCUT2D eigenvalue weighted by molar-refractivity contribution is 9.10. The summed E-state index contributed by atoms with van der Waals surface area (Å²) in [6, 6.07) is 2.10. The number of hydrogen-bond donors (Lipinski definition) is 1. The van der Waals surface area contributed by atoms with E-state index in [1.807, 2.05) is 0 Å². The molecule has 0 fully saturated rings. The van der Waals surface area contributed by atoms with E-state index < -0.39 is 0 Å². The maximum Gasteiger partial charge on any atom is 0.0551 e. The molecule has 2 N–H and O–H groups in total. The lowest BCUT2D eigenvalue weighted by Gasteiger charge is -2.10. The fraction of sp³-hybridized carbons (Fsp3) is 0.500. The van der Waals surface area contributed by atoms with Crippen molar-refractivity contribution in [2.45, 2.75) is 5.92 Å². The van der Waals surface area contributed by atoms with Crippen LogP contribution in [0.4, 0.5) is 0 Å². The van der Waals surface area contributed by atoms with Crippen LogP contribution in [0.25, 0.3) is 0 Å². The van der Waals surface area contributed by atoms with Gasteiger partial charge < -0.3 is 10.5 Å². The van der Waals surface area contributed by atoms with Crippen molar-refractivity contribution >= 4 is 27.3 Å². The molecule has 1 unspecified atom stereocenters. The molecule has 2 nitrogen and oxygen atoms in total. The summed E-state index contributed by atoms with van der Waals surface area (Å²) in [7, 11) is 1.70. The first-order chi connectivity index (χ1) is 5.77. The zero-order valence-corrected chi connectivity index (χ0v) is 9.32. The number of nitrogens with two attached hydrogens (primary N) is 1. The first-order valence-corrected chi connectivity index (χ1v) is 5.38. The highest BCUT2D eigenvalue weighted by Crippen LogP contribution is 2.26. The molecule has 0 aliphatic rings. The quantitative estimate of drug-likeness (QED) is 0.889. The molecule has 0 spiro atoms. The van der Waals surface area contributed by atoms with E-state index in [1.165, 1.54) is 4.88 Å². The molecule has 0 amide bonds. The van der Waals surface area contributed by atoms with Gasteiger partial charge in [-0.25, -0.2) is 0 Å². The number of hydrogen-bond acceptors (Lipinski definition) is 3. The van der Waals surface area contributed by atoms with E-state index in [-0.39, 0.29) is 0 Å². The van der Waals surface area contributed by atoms with E-state index in [1.54, 1.807) is 18.4 Å². The third kappa shape index (κ3) is 2.55. The van der Waals surface area contributed by atoms with Crippen LogP contribution in [0.3, 0.4) is 0 Å². The van der Waals surface area contributed by atoms with Crippen LogP contribution in [0.15, 0.2) is 15.9 Å². The first-order valence-electron chi connectivity index (χ1n) is 3.71. The number of rotatable bonds is 4. The van der Waals surface area contributed by atoms with Crippen molar-refractivity contribution in [3.05, 3.63) is 20.8 Å². The molecule has 68 valence electrons. The van der Waals surface area contributed by atoms with Crippen LogP contribution in [-0.4, -0.2) is 20.3 Å². The second-order valence-electron chi connectivity index (χ2n) is 2.56. The molecule has 1 aromatic heterocycles. The second-order valence-corrected chi connectivity index (χ2v) is 4.41.